The molecule has 0 saturated heterocycles. The molecule has 2 aliphatic rings. The minimum absolute atomic E-state index is 0.325. The van der Waals surface area contributed by atoms with Crippen molar-refractivity contribution in [2.45, 2.75) is 18.7 Å². The summed E-state index contributed by atoms with van der Waals surface area (Å²) in [5.41, 5.74) is 2.63. The number of para-hydroxylation sites is 2. The van der Waals surface area contributed by atoms with Crippen LogP contribution in [0.15, 0.2) is 75.2 Å². The van der Waals surface area contributed by atoms with Crippen LogP contribution in [-0.4, -0.2) is 32.9 Å². The predicted molar refractivity (Wildman–Crippen MR) is 119 cm³/mol. The van der Waals surface area contributed by atoms with Crippen molar-refractivity contribution in [3.05, 3.63) is 70.3 Å². The summed E-state index contributed by atoms with van der Waals surface area (Å²) in [7, 11) is 0. The molecule has 132 valence electrons. The van der Waals surface area contributed by atoms with Crippen LogP contribution in [0.25, 0.3) is 0 Å². The SMILES string of the molecule is CCN1C(=CC(=S)C=C2[Se]c3ccccc3N2CC)Sc2ccccc21. The third-order valence-electron chi connectivity index (χ3n) is 4.44. The van der Waals surface area contributed by atoms with Crippen molar-refractivity contribution in [1.82, 2.24) is 0 Å². The first-order chi connectivity index (χ1) is 12.7. The van der Waals surface area contributed by atoms with Crippen molar-refractivity contribution in [2.24, 2.45) is 0 Å². The number of hydrogen-bond donors (Lipinski definition) is 0. The second-order valence-electron chi connectivity index (χ2n) is 6.00. The Morgan fingerprint density at radius 3 is 2.42 bits per heavy atom. The summed E-state index contributed by atoms with van der Waals surface area (Å²) in [6.45, 7) is 6.32. The van der Waals surface area contributed by atoms with Gasteiger partial charge in [0, 0.05) is 0 Å². The van der Waals surface area contributed by atoms with E-state index in [9.17, 15) is 0 Å². The van der Waals surface area contributed by atoms with Crippen molar-refractivity contribution in [1.29, 1.82) is 0 Å². The molecule has 0 saturated carbocycles. The Bertz CT molecular complexity index is 846. The van der Waals surface area contributed by atoms with Crippen LogP contribution in [0.4, 0.5) is 11.4 Å². The van der Waals surface area contributed by atoms with E-state index in [-0.39, 0.29) is 0 Å². The first kappa shape index (κ1) is 17.9. The predicted octanol–water partition coefficient (Wildman–Crippen LogP) is 4.54. The number of thioether (sulfide) groups is 1. The van der Waals surface area contributed by atoms with Gasteiger partial charge in [-0.15, -0.1) is 0 Å². The van der Waals surface area contributed by atoms with E-state index >= 15 is 0 Å². The summed E-state index contributed by atoms with van der Waals surface area (Å²) in [4.78, 5) is 6.95. The average molecular weight is 443 g/mol. The Morgan fingerprint density at radius 1 is 0.962 bits per heavy atom. The van der Waals surface area contributed by atoms with Gasteiger partial charge in [-0.2, -0.15) is 0 Å². The molecule has 4 rings (SSSR count). The molecule has 0 radical (unpaired) electrons. The van der Waals surface area contributed by atoms with Gasteiger partial charge in [-0.05, 0) is 0 Å². The molecule has 2 aliphatic heterocycles. The molecule has 0 spiro atoms. The van der Waals surface area contributed by atoms with Crippen molar-refractivity contribution in [2.75, 3.05) is 22.9 Å². The molecule has 2 heterocycles. The monoisotopic (exact) mass is 444 g/mol. The molecule has 0 atom stereocenters. The number of hydrogen-bond acceptors (Lipinski definition) is 4. The zero-order chi connectivity index (χ0) is 18.1. The molecule has 0 amide bonds. The van der Waals surface area contributed by atoms with Crippen LogP contribution in [0.2, 0.25) is 0 Å². The third-order valence-corrected chi connectivity index (χ3v) is 8.12. The summed E-state index contributed by atoms with van der Waals surface area (Å²) in [6.07, 6.45) is 4.35. The van der Waals surface area contributed by atoms with E-state index in [1.54, 1.807) is 0 Å². The molecule has 2 aromatic carbocycles. The van der Waals surface area contributed by atoms with Crippen LogP contribution in [0.3, 0.4) is 0 Å². The van der Waals surface area contributed by atoms with Gasteiger partial charge in [-0.25, -0.2) is 0 Å². The van der Waals surface area contributed by atoms with Crippen LogP contribution in [0, 0.1) is 0 Å². The van der Waals surface area contributed by atoms with Crippen molar-refractivity contribution in [3.63, 3.8) is 0 Å². The topological polar surface area (TPSA) is 6.48 Å². The number of allylic oxidation sites excluding steroid dienone is 2. The first-order valence-electron chi connectivity index (χ1n) is 8.77. The van der Waals surface area contributed by atoms with Gasteiger partial charge in [0.15, 0.2) is 0 Å². The molecule has 0 fully saturated rings. The maximum atomic E-state index is 5.74. The number of fused-ring (bicyclic) bond motifs is 2. The molecule has 5 heteroatoms. The van der Waals surface area contributed by atoms with Crippen molar-refractivity contribution >= 4 is 59.6 Å². The molecule has 2 aromatic rings. The number of thiocarbonyl (C=S) groups is 1. The second kappa shape index (κ2) is 7.61. The molecule has 0 aromatic heterocycles. The van der Waals surface area contributed by atoms with Gasteiger partial charge in [-0.3, -0.25) is 0 Å². The summed E-state index contributed by atoms with van der Waals surface area (Å²) in [5.74, 6) is 0. The molecule has 0 bridgehead atoms. The average Bonchev–Trinajstić information content (AvgIpc) is 3.17. The van der Waals surface area contributed by atoms with Gasteiger partial charge >= 0.3 is 172 Å². The van der Waals surface area contributed by atoms with E-state index in [1.165, 1.54) is 30.4 Å². The van der Waals surface area contributed by atoms with Crippen LogP contribution in [0.1, 0.15) is 13.8 Å². The zero-order valence-electron chi connectivity index (χ0n) is 14.8. The maximum absolute atomic E-state index is 5.74. The van der Waals surface area contributed by atoms with Gasteiger partial charge in [0.2, 0.25) is 0 Å². The van der Waals surface area contributed by atoms with E-state index < -0.39 is 0 Å². The van der Waals surface area contributed by atoms with E-state index in [4.69, 9.17) is 12.2 Å². The summed E-state index contributed by atoms with van der Waals surface area (Å²) in [5, 5.41) is 1.22. The van der Waals surface area contributed by atoms with E-state index in [2.05, 4.69) is 84.3 Å². The fourth-order valence-corrected chi connectivity index (χ4v) is 7.37. The number of rotatable bonds is 4. The van der Waals surface area contributed by atoms with E-state index in [0.717, 1.165) is 18.0 Å². The fourth-order valence-electron chi connectivity index (χ4n) is 3.26. The molecule has 26 heavy (non-hydrogen) atoms. The van der Waals surface area contributed by atoms with E-state index in [1.807, 2.05) is 11.8 Å². The number of benzene rings is 2. The molecular weight excluding hydrogens is 423 g/mol. The number of nitrogens with zero attached hydrogens (tertiary/aromatic N) is 2. The molecule has 2 nitrogen and oxygen atoms in total. The van der Waals surface area contributed by atoms with Gasteiger partial charge in [0.05, 0.1) is 0 Å². The van der Waals surface area contributed by atoms with Crippen LogP contribution >= 0.6 is 24.0 Å². The van der Waals surface area contributed by atoms with Crippen LogP contribution < -0.4 is 14.3 Å². The van der Waals surface area contributed by atoms with Gasteiger partial charge in [0.1, 0.15) is 0 Å². The zero-order valence-corrected chi connectivity index (χ0v) is 18.2. The number of anilines is 2. The summed E-state index contributed by atoms with van der Waals surface area (Å²) >= 11 is 7.88. The Morgan fingerprint density at radius 2 is 1.65 bits per heavy atom. The normalized spacial score (nSPS) is 18.5. The van der Waals surface area contributed by atoms with Crippen LogP contribution in [0.5, 0.6) is 0 Å². The standard InChI is InChI=1S/C21H20N2S2Se/c1-3-22-16-9-5-7-11-18(16)25-20(22)13-15(24)14-21-23(4-2)17-10-6-8-12-19(17)26-21/h5-14H,3-4H2,1-2H3. The second-order valence-corrected chi connectivity index (χ2v) is 9.76. The minimum atomic E-state index is 0.325. The molecule has 0 aliphatic carbocycles. The van der Waals surface area contributed by atoms with E-state index in [0.29, 0.717) is 15.0 Å². The third kappa shape index (κ3) is 3.25. The Balaban J connectivity index is 1.60. The first-order valence-corrected chi connectivity index (χ1v) is 11.7. The Kier molecular flexibility index (Phi) is 5.23. The fraction of sp³-hybridized carbons (Fsp3) is 0.190. The summed E-state index contributed by atoms with van der Waals surface area (Å²) in [6, 6.07) is 17.3. The molecule has 0 unspecified atom stereocenters. The Labute approximate surface area is 171 Å². The quantitative estimate of drug-likeness (QED) is 0.389. The van der Waals surface area contributed by atoms with Gasteiger partial charge in [-0.1, -0.05) is 0 Å². The van der Waals surface area contributed by atoms with Crippen molar-refractivity contribution in [3.8, 4) is 0 Å². The Hall–Kier alpha value is -1.52. The molecule has 0 N–H and O–H groups in total. The van der Waals surface area contributed by atoms with Gasteiger partial charge in [0.25, 0.3) is 0 Å². The van der Waals surface area contributed by atoms with Crippen LogP contribution in [-0.2, 0) is 0 Å². The van der Waals surface area contributed by atoms with Gasteiger partial charge < -0.3 is 0 Å². The summed E-state index contributed by atoms with van der Waals surface area (Å²) < 4.78 is 2.80. The molecular formula is C21H20N2S2Se. The van der Waals surface area contributed by atoms with Crippen molar-refractivity contribution < 1.29 is 0 Å².